The lowest BCUT2D eigenvalue weighted by Crippen LogP contribution is -2.09. The summed E-state index contributed by atoms with van der Waals surface area (Å²) in [5.41, 5.74) is 0. The molecule has 1 atom stereocenters. The van der Waals surface area contributed by atoms with Gasteiger partial charge in [0, 0.05) is 6.61 Å². The van der Waals surface area contributed by atoms with Crippen LogP contribution >= 0.6 is 0 Å². The molecule has 1 aromatic heterocycles. The van der Waals surface area contributed by atoms with Gasteiger partial charge in [-0.15, -0.1) is 5.10 Å². The van der Waals surface area contributed by atoms with Crippen LogP contribution in [0.3, 0.4) is 0 Å². The van der Waals surface area contributed by atoms with Crippen molar-refractivity contribution in [3.05, 3.63) is 6.33 Å². The van der Waals surface area contributed by atoms with Crippen LogP contribution in [0, 0.1) is 0 Å². The van der Waals surface area contributed by atoms with Crippen LogP contribution in [0.2, 0.25) is 0 Å². The first-order valence-corrected chi connectivity index (χ1v) is 3.18. The first-order valence-electron chi connectivity index (χ1n) is 3.18. The predicted octanol–water partition coefficient (Wildman–Crippen LogP) is 0.228. The van der Waals surface area contributed by atoms with Gasteiger partial charge in [0.2, 0.25) is 0 Å². The highest BCUT2D eigenvalue weighted by Crippen LogP contribution is 2.01. The molecule has 1 rings (SSSR count). The molecule has 0 N–H and O–H groups in total. The Bertz CT molecular complexity index is 174. The van der Waals surface area contributed by atoms with Gasteiger partial charge in [-0.3, -0.25) is 0 Å². The minimum absolute atomic E-state index is 0.0694. The molecule has 1 aromatic rings. The Morgan fingerprint density at radius 1 is 1.70 bits per heavy atom. The SMILES string of the molecule is CCOC(C)n1cnnn1. The van der Waals surface area contributed by atoms with Crippen LogP contribution < -0.4 is 0 Å². The molecular weight excluding hydrogens is 132 g/mol. The number of rotatable bonds is 3. The van der Waals surface area contributed by atoms with Gasteiger partial charge in [0.15, 0.2) is 6.23 Å². The van der Waals surface area contributed by atoms with Crippen LogP contribution in [0.5, 0.6) is 0 Å². The van der Waals surface area contributed by atoms with Gasteiger partial charge in [0.05, 0.1) is 0 Å². The van der Waals surface area contributed by atoms with E-state index in [4.69, 9.17) is 4.74 Å². The highest BCUT2D eigenvalue weighted by Gasteiger charge is 2.02. The molecule has 0 spiro atoms. The summed E-state index contributed by atoms with van der Waals surface area (Å²) < 4.78 is 6.77. The average molecular weight is 142 g/mol. The molecule has 0 radical (unpaired) electrons. The molecule has 0 aliphatic rings. The molecule has 0 saturated carbocycles. The molecular formula is C5H10N4O. The Labute approximate surface area is 59.0 Å². The van der Waals surface area contributed by atoms with E-state index in [2.05, 4.69) is 15.5 Å². The molecule has 0 aliphatic heterocycles. The summed E-state index contributed by atoms with van der Waals surface area (Å²) in [5.74, 6) is 0. The molecule has 0 saturated heterocycles. The topological polar surface area (TPSA) is 52.8 Å². The van der Waals surface area contributed by atoms with Gasteiger partial charge in [-0.1, -0.05) is 0 Å². The Kier molecular flexibility index (Phi) is 2.33. The molecule has 0 fully saturated rings. The fraction of sp³-hybridized carbons (Fsp3) is 0.800. The summed E-state index contributed by atoms with van der Waals surface area (Å²) in [6, 6.07) is 0. The van der Waals surface area contributed by atoms with Crippen LogP contribution in [-0.2, 0) is 4.74 Å². The summed E-state index contributed by atoms with van der Waals surface area (Å²) >= 11 is 0. The number of ether oxygens (including phenoxy) is 1. The summed E-state index contributed by atoms with van der Waals surface area (Å²) in [4.78, 5) is 0. The third kappa shape index (κ3) is 1.51. The van der Waals surface area contributed by atoms with Crippen LogP contribution in [0.25, 0.3) is 0 Å². The van der Waals surface area contributed by atoms with Crippen molar-refractivity contribution in [2.24, 2.45) is 0 Å². The maximum absolute atomic E-state index is 5.21. The maximum atomic E-state index is 5.21. The fourth-order valence-electron chi connectivity index (χ4n) is 0.653. The Balaban J connectivity index is 2.50. The van der Waals surface area contributed by atoms with Crippen LogP contribution in [0.15, 0.2) is 6.33 Å². The van der Waals surface area contributed by atoms with Crippen molar-refractivity contribution in [2.75, 3.05) is 6.61 Å². The van der Waals surface area contributed by atoms with E-state index < -0.39 is 0 Å². The van der Waals surface area contributed by atoms with Crippen molar-refractivity contribution in [1.29, 1.82) is 0 Å². The molecule has 56 valence electrons. The van der Waals surface area contributed by atoms with Crippen molar-refractivity contribution in [2.45, 2.75) is 20.1 Å². The number of hydrogen-bond acceptors (Lipinski definition) is 4. The summed E-state index contributed by atoms with van der Waals surface area (Å²) in [7, 11) is 0. The van der Waals surface area contributed by atoms with E-state index >= 15 is 0 Å². The monoisotopic (exact) mass is 142 g/mol. The van der Waals surface area contributed by atoms with Gasteiger partial charge in [-0.25, -0.2) is 4.68 Å². The standard InChI is InChI=1S/C5H10N4O/c1-3-10-5(2)9-4-6-7-8-9/h4-5H,3H2,1-2H3. The largest absolute Gasteiger partial charge is 0.357 e. The Morgan fingerprint density at radius 2 is 2.50 bits per heavy atom. The smallest absolute Gasteiger partial charge is 0.150 e. The lowest BCUT2D eigenvalue weighted by atomic mass is 10.6. The zero-order chi connectivity index (χ0) is 7.40. The Morgan fingerprint density at radius 3 is 3.00 bits per heavy atom. The van der Waals surface area contributed by atoms with Gasteiger partial charge in [0.25, 0.3) is 0 Å². The second kappa shape index (κ2) is 3.26. The quantitative estimate of drug-likeness (QED) is 0.606. The molecule has 0 bridgehead atoms. The number of hydrogen-bond donors (Lipinski definition) is 0. The lowest BCUT2D eigenvalue weighted by Gasteiger charge is -2.08. The summed E-state index contributed by atoms with van der Waals surface area (Å²) in [6.45, 7) is 4.49. The van der Waals surface area contributed by atoms with E-state index in [1.54, 1.807) is 4.68 Å². The highest BCUT2D eigenvalue weighted by atomic mass is 16.5. The van der Waals surface area contributed by atoms with Crippen molar-refractivity contribution in [3.63, 3.8) is 0 Å². The van der Waals surface area contributed by atoms with Crippen LogP contribution in [0.1, 0.15) is 20.1 Å². The molecule has 1 unspecified atom stereocenters. The van der Waals surface area contributed by atoms with E-state index in [0.29, 0.717) is 6.61 Å². The van der Waals surface area contributed by atoms with Crippen LogP contribution in [-0.4, -0.2) is 26.8 Å². The second-order valence-electron chi connectivity index (χ2n) is 1.84. The zero-order valence-corrected chi connectivity index (χ0v) is 6.06. The first kappa shape index (κ1) is 7.14. The van der Waals surface area contributed by atoms with Crippen molar-refractivity contribution < 1.29 is 4.74 Å². The van der Waals surface area contributed by atoms with Gasteiger partial charge in [-0.05, 0) is 24.3 Å². The fourth-order valence-corrected chi connectivity index (χ4v) is 0.653. The van der Waals surface area contributed by atoms with Crippen molar-refractivity contribution in [3.8, 4) is 0 Å². The molecule has 5 heteroatoms. The molecule has 0 aromatic carbocycles. The van der Waals surface area contributed by atoms with Gasteiger partial charge < -0.3 is 4.74 Å². The van der Waals surface area contributed by atoms with E-state index in [-0.39, 0.29) is 6.23 Å². The zero-order valence-electron chi connectivity index (χ0n) is 6.06. The molecule has 10 heavy (non-hydrogen) atoms. The third-order valence-electron chi connectivity index (χ3n) is 1.15. The number of tetrazole rings is 1. The van der Waals surface area contributed by atoms with Gasteiger partial charge in [0.1, 0.15) is 6.33 Å². The lowest BCUT2D eigenvalue weighted by molar-refractivity contribution is 0.0146. The van der Waals surface area contributed by atoms with E-state index in [1.807, 2.05) is 13.8 Å². The van der Waals surface area contributed by atoms with E-state index in [9.17, 15) is 0 Å². The summed E-state index contributed by atoms with van der Waals surface area (Å²) in [6.07, 6.45) is 1.46. The average Bonchev–Trinajstić information content (AvgIpc) is 2.38. The van der Waals surface area contributed by atoms with Crippen molar-refractivity contribution >= 4 is 0 Å². The third-order valence-corrected chi connectivity index (χ3v) is 1.15. The normalized spacial score (nSPS) is 13.4. The minimum Gasteiger partial charge on any atom is -0.357 e. The predicted molar refractivity (Wildman–Crippen MR) is 34.2 cm³/mol. The highest BCUT2D eigenvalue weighted by molar-refractivity contribution is 4.49. The molecule has 0 aliphatic carbocycles. The molecule has 1 heterocycles. The molecule has 5 nitrogen and oxygen atoms in total. The second-order valence-corrected chi connectivity index (χ2v) is 1.84. The van der Waals surface area contributed by atoms with Gasteiger partial charge >= 0.3 is 0 Å². The first-order chi connectivity index (χ1) is 4.84. The Hall–Kier alpha value is -0.970. The molecule has 0 amide bonds. The van der Waals surface area contributed by atoms with E-state index in [0.717, 1.165) is 0 Å². The maximum Gasteiger partial charge on any atom is 0.150 e. The van der Waals surface area contributed by atoms with Crippen molar-refractivity contribution in [1.82, 2.24) is 20.2 Å². The van der Waals surface area contributed by atoms with Gasteiger partial charge in [-0.2, -0.15) is 0 Å². The summed E-state index contributed by atoms with van der Waals surface area (Å²) in [5, 5.41) is 10.6. The van der Waals surface area contributed by atoms with E-state index in [1.165, 1.54) is 6.33 Å². The number of aromatic nitrogens is 4. The minimum atomic E-state index is -0.0694. The van der Waals surface area contributed by atoms with Crippen LogP contribution in [0.4, 0.5) is 0 Å². The number of nitrogens with zero attached hydrogens (tertiary/aromatic N) is 4.